The highest BCUT2D eigenvalue weighted by molar-refractivity contribution is 5.07. The summed E-state index contributed by atoms with van der Waals surface area (Å²) in [6.45, 7) is 8.71. The smallest absolute Gasteiger partial charge is 0.0640 e. The van der Waals surface area contributed by atoms with Crippen LogP contribution in [0.25, 0.3) is 0 Å². The Morgan fingerprint density at radius 2 is 1.89 bits per heavy atom. The molecule has 1 heterocycles. The third-order valence-electron chi connectivity index (χ3n) is 4.43. The van der Waals surface area contributed by atoms with Crippen molar-refractivity contribution in [2.75, 3.05) is 14.1 Å². The van der Waals surface area contributed by atoms with E-state index in [0.29, 0.717) is 6.04 Å². The average molecular weight is 266 g/mol. The van der Waals surface area contributed by atoms with E-state index in [-0.39, 0.29) is 11.6 Å². The fourth-order valence-corrected chi connectivity index (χ4v) is 2.93. The molecule has 0 bridgehead atoms. The number of likely N-dealkylation sites (N-methyl/N-ethyl adjacent to an activating group) is 1. The second-order valence-electron chi connectivity index (χ2n) is 5.90. The minimum atomic E-state index is 0.0572. The third-order valence-corrected chi connectivity index (χ3v) is 4.43. The van der Waals surface area contributed by atoms with Crippen LogP contribution in [0.3, 0.4) is 0 Å². The zero-order valence-electron chi connectivity index (χ0n) is 13.3. The van der Waals surface area contributed by atoms with Crippen molar-refractivity contribution >= 4 is 0 Å². The average Bonchev–Trinajstić information content (AvgIpc) is 2.79. The SMILES string of the molecule is CCC(CC)(C(N)Cc1ccn(C(C)C)n1)N(C)C. The highest BCUT2D eigenvalue weighted by Gasteiger charge is 2.35. The molecule has 0 saturated carbocycles. The standard InChI is InChI=1S/C15H30N4/c1-7-15(8-2,18(5)6)14(16)11-13-9-10-19(17-13)12(3)4/h9-10,12,14H,7-8,11,16H2,1-6H3. The highest BCUT2D eigenvalue weighted by Crippen LogP contribution is 2.26. The number of nitrogens with two attached hydrogens (primary N) is 1. The monoisotopic (exact) mass is 266 g/mol. The molecule has 1 atom stereocenters. The Morgan fingerprint density at radius 1 is 1.32 bits per heavy atom. The maximum Gasteiger partial charge on any atom is 0.0640 e. The Kier molecular flexibility index (Phi) is 5.56. The summed E-state index contributed by atoms with van der Waals surface area (Å²) in [4.78, 5) is 2.27. The number of aromatic nitrogens is 2. The Hall–Kier alpha value is -0.870. The van der Waals surface area contributed by atoms with Crippen molar-refractivity contribution in [3.63, 3.8) is 0 Å². The maximum absolute atomic E-state index is 6.50. The van der Waals surface area contributed by atoms with Crippen molar-refractivity contribution < 1.29 is 0 Å². The molecule has 0 aromatic carbocycles. The van der Waals surface area contributed by atoms with E-state index in [1.165, 1.54) is 0 Å². The lowest BCUT2D eigenvalue weighted by atomic mass is 9.81. The summed E-state index contributed by atoms with van der Waals surface area (Å²) in [5.74, 6) is 0. The molecule has 0 aliphatic rings. The second kappa shape index (κ2) is 6.53. The summed E-state index contributed by atoms with van der Waals surface area (Å²) < 4.78 is 2.00. The molecule has 0 aliphatic heterocycles. The van der Waals surface area contributed by atoms with Crippen LogP contribution >= 0.6 is 0 Å². The van der Waals surface area contributed by atoms with E-state index < -0.39 is 0 Å². The molecule has 0 amide bonds. The normalized spacial score (nSPS) is 14.4. The van der Waals surface area contributed by atoms with Crippen molar-refractivity contribution in [1.82, 2.24) is 14.7 Å². The van der Waals surface area contributed by atoms with Gasteiger partial charge in [0.25, 0.3) is 0 Å². The van der Waals surface area contributed by atoms with Gasteiger partial charge in [0.15, 0.2) is 0 Å². The molecule has 4 heteroatoms. The van der Waals surface area contributed by atoms with Gasteiger partial charge in [0.2, 0.25) is 0 Å². The Morgan fingerprint density at radius 3 is 2.26 bits per heavy atom. The molecule has 0 fully saturated rings. The minimum absolute atomic E-state index is 0.0572. The summed E-state index contributed by atoms with van der Waals surface area (Å²) in [5, 5.41) is 4.61. The molecule has 1 rings (SSSR count). The fourth-order valence-electron chi connectivity index (χ4n) is 2.93. The first kappa shape index (κ1) is 16.2. The van der Waals surface area contributed by atoms with E-state index in [9.17, 15) is 0 Å². The first-order valence-electron chi connectivity index (χ1n) is 7.34. The zero-order valence-corrected chi connectivity index (χ0v) is 13.3. The number of rotatable bonds is 7. The van der Waals surface area contributed by atoms with Crippen molar-refractivity contribution in [3.8, 4) is 0 Å². The number of hydrogen-bond acceptors (Lipinski definition) is 3. The first-order valence-corrected chi connectivity index (χ1v) is 7.34. The van der Waals surface area contributed by atoms with Gasteiger partial charge in [-0.25, -0.2) is 0 Å². The molecule has 0 spiro atoms. The lowest BCUT2D eigenvalue weighted by Crippen LogP contribution is -2.57. The quantitative estimate of drug-likeness (QED) is 0.824. The molecule has 1 unspecified atom stereocenters. The van der Waals surface area contributed by atoms with Crippen LogP contribution in [0.2, 0.25) is 0 Å². The molecule has 2 N–H and O–H groups in total. The van der Waals surface area contributed by atoms with E-state index in [4.69, 9.17) is 5.73 Å². The fraction of sp³-hybridized carbons (Fsp3) is 0.800. The van der Waals surface area contributed by atoms with Crippen LogP contribution in [0.1, 0.15) is 52.3 Å². The van der Waals surface area contributed by atoms with Crippen LogP contribution in [-0.2, 0) is 6.42 Å². The predicted octanol–water partition coefficient (Wildman–Crippen LogP) is 2.45. The predicted molar refractivity (Wildman–Crippen MR) is 81.3 cm³/mol. The third kappa shape index (κ3) is 3.37. The van der Waals surface area contributed by atoms with Crippen molar-refractivity contribution in [1.29, 1.82) is 0 Å². The van der Waals surface area contributed by atoms with Crippen LogP contribution in [0.5, 0.6) is 0 Å². The molecule has 19 heavy (non-hydrogen) atoms. The Balaban J connectivity index is 2.84. The number of hydrogen-bond donors (Lipinski definition) is 1. The van der Waals surface area contributed by atoms with E-state index >= 15 is 0 Å². The molecular weight excluding hydrogens is 236 g/mol. The molecule has 1 aromatic heterocycles. The first-order chi connectivity index (χ1) is 8.87. The van der Waals surface area contributed by atoms with E-state index in [2.05, 4.69) is 57.9 Å². The maximum atomic E-state index is 6.50. The molecule has 0 radical (unpaired) electrons. The molecule has 0 saturated heterocycles. The van der Waals surface area contributed by atoms with Gasteiger partial charge in [-0.3, -0.25) is 4.68 Å². The van der Waals surface area contributed by atoms with Crippen molar-refractivity contribution in [3.05, 3.63) is 18.0 Å². The summed E-state index contributed by atoms with van der Waals surface area (Å²) in [6.07, 6.45) is 4.99. The lowest BCUT2D eigenvalue weighted by Gasteiger charge is -2.43. The van der Waals surface area contributed by atoms with Gasteiger partial charge < -0.3 is 10.6 Å². The highest BCUT2D eigenvalue weighted by atomic mass is 15.3. The van der Waals surface area contributed by atoms with Crippen LogP contribution in [0.15, 0.2) is 12.3 Å². The minimum Gasteiger partial charge on any atom is -0.326 e. The second-order valence-corrected chi connectivity index (χ2v) is 5.90. The molecule has 4 nitrogen and oxygen atoms in total. The van der Waals surface area contributed by atoms with E-state index in [0.717, 1.165) is 25.0 Å². The van der Waals surface area contributed by atoms with Gasteiger partial charge in [0.1, 0.15) is 0 Å². The summed E-state index contributed by atoms with van der Waals surface area (Å²) in [6, 6.07) is 2.60. The van der Waals surface area contributed by atoms with E-state index in [1.54, 1.807) is 0 Å². The topological polar surface area (TPSA) is 47.1 Å². The van der Waals surface area contributed by atoms with Crippen molar-refractivity contribution in [2.45, 2.75) is 64.6 Å². The molecule has 1 aromatic rings. The molecule has 0 aliphatic carbocycles. The summed E-state index contributed by atoms with van der Waals surface area (Å²) in [5.41, 5.74) is 7.65. The molecular formula is C15H30N4. The van der Waals surface area contributed by atoms with Gasteiger partial charge in [0, 0.05) is 30.2 Å². The van der Waals surface area contributed by atoms with Crippen LogP contribution in [-0.4, -0.2) is 40.4 Å². The van der Waals surface area contributed by atoms with E-state index in [1.807, 2.05) is 10.9 Å². The van der Waals surface area contributed by atoms with Crippen molar-refractivity contribution in [2.24, 2.45) is 5.73 Å². The lowest BCUT2D eigenvalue weighted by molar-refractivity contribution is 0.105. The van der Waals surface area contributed by atoms with Crippen LogP contribution < -0.4 is 5.73 Å². The van der Waals surface area contributed by atoms with Gasteiger partial charge in [-0.1, -0.05) is 13.8 Å². The van der Waals surface area contributed by atoms with Gasteiger partial charge in [-0.05, 0) is 46.9 Å². The Labute approximate surface area is 118 Å². The van der Waals surface area contributed by atoms with Crippen LogP contribution in [0, 0.1) is 0 Å². The number of nitrogens with zero attached hydrogens (tertiary/aromatic N) is 3. The van der Waals surface area contributed by atoms with Gasteiger partial charge in [-0.15, -0.1) is 0 Å². The summed E-state index contributed by atoms with van der Waals surface area (Å²) in [7, 11) is 4.25. The van der Waals surface area contributed by atoms with Crippen LogP contribution in [0.4, 0.5) is 0 Å². The molecule has 110 valence electrons. The Bertz CT molecular complexity index is 377. The zero-order chi connectivity index (χ0) is 14.6. The summed E-state index contributed by atoms with van der Waals surface area (Å²) >= 11 is 0. The van der Waals surface area contributed by atoms with Gasteiger partial charge in [0.05, 0.1) is 5.69 Å². The van der Waals surface area contributed by atoms with Gasteiger partial charge >= 0.3 is 0 Å². The van der Waals surface area contributed by atoms with Gasteiger partial charge in [-0.2, -0.15) is 5.10 Å². The largest absolute Gasteiger partial charge is 0.326 e.